The van der Waals surface area contributed by atoms with Gasteiger partial charge >= 0.3 is 0 Å². The molecule has 0 bridgehead atoms. The zero-order valence-electron chi connectivity index (χ0n) is 16.4. The van der Waals surface area contributed by atoms with E-state index in [0.717, 1.165) is 42.5 Å². The molecule has 2 N–H and O–H groups in total. The number of carbonyl (C=O) groups is 1. The van der Waals surface area contributed by atoms with Crippen molar-refractivity contribution in [2.45, 2.75) is 32.2 Å². The van der Waals surface area contributed by atoms with Gasteiger partial charge in [0.25, 0.3) is 5.91 Å². The summed E-state index contributed by atoms with van der Waals surface area (Å²) in [5, 5.41) is 4.59. The third kappa shape index (κ3) is 3.93. The Morgan fingerprint density at radius 3 is 2.62 bits per heavy atom. The molecule has 2 aromatic carbocycles. The average molecular weight is 392 g/mol. The van der Waals surface area contributed by atoms with Crippen molar-refractivity contribution in [3.05, 3.63) is 82.9 Å². The van der Waals surface area contributed by atoms with E-state index in [0.29, 0.717) is 31.0 Å². The van der Waals surface area contributed by atoms with E-state index in [1.54, 1.807) is 27.8 Å². The number of carbonyl (C=O) groups excluding carboxylic acids is 1. The first-order valence-electron chi connectivity index (χ1n) is 10.1. The molecular weight excluding hydrogens is 367 g/mol. The Bertz CT molecular complexity index is 999. The third-order valence-corrected chi connectivity index (χ3v) is 5.35. The molecule has 0 spiro atoms. The number of benzene rings is 2. The molecule has 0 saturated heterocycles. The second kappa shape index (κ2) is 8.57. The lowest BCUT2D eigenvalue weighted by atomic mass is 10.1. The standard InChI is InChI=1S/C23H25FN4O/c24-19-11-4-5-12-21(19)28-20-13-6-10-18(20)22(26-28)23(29)27(15-7-14-25)16-17-8-2-1-3-9-17/h1-5,8-9,11-12H,6-7,10,13-16,25H2. The van der Waals surface area contributed by atoms with Gasteiger partial charge in [0.05, 0.1) is 0 Å². The minimum Gasteiger partial charge on any atom is -0.333 e. The summed E-state index contributed by atoms with van der Waals surface area (Å²) >= 11 is 0. The van der Waals surface area contributed by atoms with E-state index in [1.807, 2.05) is 30.3 Å². The van der Waals surface area contributed by atoms with Crippen LogP contribution in [-0.2, 0) is 19.4 Å². The van der Waals surface area contributed by atoms with Crippen LogP contribution in [-0.4, -0.2) is 33.7 Å². The normalized spacial score (nSPS) is 12.8. The summed E-state index contributed by atoms with van der Waals surface area (Å²) in [4.78, 5) is 15.3. The van der Waals surface area contributed by atoms with Crippen LogP contribution < -0.4 is 5.73 Å². The molecule has 0 aliphatic heterocycles. The van der Waals surface area contributed by atoms with Crippen molar-refractivity contribution in [3.63, 3.8) is 0 Å². The Labute approximate surface area is 169 Å². The van der Waals surface area contributed by atoms with Gasteiger partial charge < -0.3 is 10.6 Å². The Morgan fingerprint density at radius 1 is 1.10 bits per heavy atom. The van der Waals surface area contributed by atoms with Crippen LogP contribution in [0, 0.1) is 5.82 Å². The Hall–Kier alpha value is -2.99. The van der Waals surface area contributed by atoms with Crippen LogP contribution >= 0.6 is 0 Å². The zero-order valence-corrected chi connectivity index (χ0v) is 16.4. The molecule has 150 valence electrons. The van der Waals surface area contributed by atoms with Crippen LogP contribution in [0.4, 0.5) is 4.39 Å². The first-order valence-corrected chi connectivity index (χ1v) is 10.1. The highest BCUT2D eigenvalue weighted by Gasteiger charge is 2.30. The van der Waals surface area contributed by atoms with Crippen molar-refractivity contribution in [1.29, 1.82) is 0 Å². The molecule has 6 heteroatoms. The van der Waals surface area contributed by atoms with E-state index in [9.17, 15) is 9.18 Å². The molecule has 4 rings (SSSR count). The molecule has 1 heterocycles. The van der Waals surface area contributed by atoms with E-state index < -0.39 is 0 Å². The lowest BCUT2D eigenvalue weighted by molar-refractivity contribution is 0.0734. The molecule has 0 saturated carbocycles. The van der Waals surface area contributed by atoms with Crippen LogP contribution in [0.1, 0.15) is 40.2 Å². The number of nitrogens with zero attached hydrogens (tertiary/aromatic N) is 3. The Balaban J connectivity index is 1.69. The van der Waals surface area contributed by atoms with Gasteiger partial charge in [-0.3, -0.25) is 4.79 Å². The van der Waals surface area contributed by atoms with Gasteiger partial charge in [0.2, 0.25) is 0 Å². The maximum Gasteiger partial charge on any atom is 0.274 e. The maximum atomic E-state index is 14.4. The average Bonchev–Trinajstić information content (AvgIpc) is 3.35. The van der Waals surface area contributed by atoms with Crippen molar-refractivity contribution >= 4 is 5.91 Å². The second-order valence-corrected chi connectivity index (χ2v) is 7.35. The van der Waals surface area contributed by atoms with Crippen molar-refractivity contribution < 1.29 is 9.18 Å². The minimum atomic E-state index is -0.340. The molecule has 3 aromatic rings. The highest BCUT2D eigenvalue weighted by Crippen LogP contribution is 2.29. The van der Waals surface area contributed by atoms with Gasteiger partial charge in [-0.15, -0.1) is 0 Å². The van der Waals surface area contributed by atoms with Crippen LogP contribution in [0.15, 0.2) is 54.6 Å². The van der Waals surface area contributed by atoms with Crippen molar-refractivity contribution in [1.82, 2.24) is 14.7 Å². The third-order valence-electron chi connectivity index (χ3n) is 5.35. The summed E-state index contributed by atoms with van der Waals surface area (Å²) in [6, 6.07) is 16.5. The van der Waals surface area contributed by atoms with Crippen molar-refractivity contribution in [2.24, 2.45) is 5.73 Å². The van der Waals surface area contributed by atoms with Gasteiger partial charge in [0, 0.05) is 24.3 Å². The van der Waals surface area contributed by atoms with E-state index in [2.05, 4.69) is 5.10 Å². The number of hydrogen-bond donors (Lipinski definition) is 1. The summed E-state index contributed by atoms with van der Waals surface area (Å²) in [5.74, 6) is -0.455. The van der Waals surface area contributed by atoms with Gasteiger partial charge in [0.1, 0.15) is 11.5 Å². The molecule has 0 fully saturated rings. The van der Waals surface area contributed by atoms with Crippen molar-refractivity contribution in [3.8, 4) is 5.69 Å². The number of nitrogens with two attached hydrogens (primary N) is 1. The molecule has 0 radical (unpaired) electrons. The predicted octanol–water partition coefficient (Wildman–Crippen LogP) is 3.49. The molecule has 1 aliphatic rings. The van der Waals surface area contributed by atoms with Crippen LogP contribution in [0.2, 0.25) is 0 Å². The van der Waals surface area contributed by atoms with E-state index in [-0.39, 0.29) is 11.7 Å². The first-order chi connectivity index (χ1) is 14.2. The van der Waals surface area contributed by atoms with E-state index in [1.165, 1.54) is 6.07 Å². The molecule has 5 nitrogen and oxygen atoms in total. The molecule has 0 atom stereocenters. The number of fused-ring (bicyclic) bond motifs is 1. The lowest BCUT2D eigenvalue weighted by Gasteiger charge is -2.22. The summed E-state index contributed by atoms with van der Waals surface area (Å²) in [5.41, 5.74) is 9.47. The monoisotopic (exact) mass is 392 g/mol. The van der Waals surface area contributed by atoms with Gasteiger partial charge in [-0.1, -0.05) is 42.5 Å². The SMILES string of the molecule is NCCCN(Cc1ccccc1)C(=O)c1nn(-c2ccccc2F)c2c1CCC2. The number of hydrogen-bond acceptors (Lipinski definition) is 3. The molecule has 1 aliphatic carbocycles. The van der Waals surface area contributed by atoms with E-state index in [4.69, 9.17) is 5.73 Å². The number of rotatable bonds is 7. The lowest BCUT2D eigenvalue weighted by Crippen LogP contribution is -2.33. The Kier molecular flexibility index (Phi) is 5.71. The van der Waals surface area contributed by atoms with Crippen LogP contribution in [0.5, 0.6) is 0 Å². The highest BCUT2D eigenvalue weighted by molar-refractivity contribution is 5.94. The highest BCUT2D eigenvalue weighted by atomic mass is 19.1. The van der Waals surface area contributed by atoms with Crippen LogP contribution in [0.3, 0.4) is 0 Å². The number of aromatic nitrogens is 2. The smallest absolute Gasteiger partial charge is 0.274 e. The van der Waals surface area contributed by atoms with Gasteiger partial charge in [-0.25, -0.2) is 9.07 Å². The quantitative estimate of drug-likeness (QED) is 0.669. The molecule has 1 aromatic heterocycles. The maximum absolute atomic E-state index is 14.4. The summed E-state index contributed by atoms with van der Waals surface area (Å²) in [7, 11) is 0. The summed E-state index contributed by atoms with van der Waals surface area (Å²) in [6.45, 7) is 1.58. The van der Waals surface area contributed by atoms with Crippen LogP contribution in [0.25, 0.3) is 5.69 Å². The zero-order chi connectivity index (χ0) is 20.2. The van der Waals surface area contributed by atoms with Gasteiger partial charge in [0.15, 0.2) is 5.69 Å². The fraction of sp³-hybridized carbons (Fsp3) is 0.304. The van der Waals surface area contributed by atoms with Gasteiger partial charge in [-0.05, 0) is 49.9 Å². The molecule has 1 amide bonds. The molecule has 29 heavy (non-hydrogen) atoms. The fourth-order valence-electron chi connectivity index (χ4n) is 3.92. The molecular formula is C23H25FN4O. The number of halogens is 1. The topological polar surface area (TPSA) is 64.2 Å². The van der Waals surface area contributed by atoms with Gasteiger partial charge in [-0.2, -0.15) is 5.10 Å². The second-order valence-electron chi connectivity index (χ2n) is 7.35. The Morgan fingerprint density at radius 2 is 1.86 bits per heavy atom. The van der Waals surface area contributed by atoms with E-state index >= 15 is 0 Å². The fourth-order valence-corrected chi connectivity index (χ4v) is 3.92. The van der Waals surface area contributed by atoms with Crippen molar-refractivity contribution in [2.75, 3.05) is 13.1 Å². The molecule has 0 unspecified atom stereocenters. The number of para-hydroxylation sites is 1. The predicted molar refractivity (Wildman–Crippen MR) is 110 cm³/mol. The first kappa shape index (κ1) is 19.3. The largest absolute Gasteiger partial charge is 0.333 e. The summed E-state index contributed by atoms with van der Waals surface area (Å²) in [6.07, 6.45) is 3.25. The number of amides is 1. The summed E-state index contributed by atoms with van der Waals surface area (Å²) < 4.78 is 16.0. The minimum absolute atomic E-state index is 0.115.